The third-order valence-electron chi connectivity index (χ3n) is 2.87. The predicted molar refractivity (Wildman–Crippen MR) is 75.4 cm³/mol. The van der Waals surface area contributed by atoms with Gasteiger partial charge >= 0.3 is 5.97 Å². The number of esters is 1. The zero-order valence-corrected chi connectivity index (χ0v) is 12.4. The summed E-state index contributed by atoms with van der Waals surface area (Å²) in [7, 11) is 0. The molecule has 0 saturated heterocycles. The Morgan fingerprint density at radius 3 is 2.95 bits per heavy atom. The number of fused-ring (bicyclic) bond motifs is 1. The molecule has 0 unspecified atom stereocenters. The summed E-state index contributed by atoms with van der Waals surface area (Å²) in [5.41, 5.74) is 1.54. The molecule has 2 rings (SSSR count). The molecule has 6 heteroatoms. The highest BCUT2D eigenvalue weighted by atomic mass is 32.2. The van der Waals surface area contributed by atoms with Gasteiger partial charge in [-0.1, -0.05) is 0 Å². The van der Waals surface area contributed by atoms with Crippen LogP contribution in [0.4, 0.5) is 0 Å². The minimum absolute atomic E-state index is 0.0558. The zero-order valence-electron chi connectivity index (χ0n) is 10.7. The Hall–Kier alpha value is -0.850. The SMILES string of the molecule is CCOC(=O)c1sc(SCCO)c2c1CCCC2=O. The number of aliphatic hydroxyl groups is 1. The maximum Gasteiger partial charge on any atom is 0.348 e. The van der Waals surface area contributed by atoms with Gasteiger partial charge in [-0.2, -0.15) is 0 Å². The summed E-state index contributed by atoms with van der Waals surface area (Å²) in [6.45, 7) is 2.16. The molecule has 0 aromatic carbocycles. The summed E-state index contributed by atoms with van der Waals surface area (Å²) < 4.78 is 5.89. The molecule has 0 fully saturated rings. The molecule has 0 spiro atoms. The van der Waals surface area contributed by atoms with E-state index in [1.807, 2.05) is 0 Å². The second kappa shape index (κ2) is 6.54. The summed E-state index contributed by atoms with van der Waals surface area (Å²) in [5, 5.41) is 8.91. The Kier molecular flexibility index (Phi) is 5.01. The first-order valence-corrected chi connectivity index (χ1v) is 8.08. The van der Waals surface area contributed by atoms with Gasteiger partial charge in [-0.15, -0.1) is 23.1 Å². The average Bonchev–Trinajstić information content (AvgIpc) is 2.77. The highest BCUT2D eigenvalue weighted by molar-refractivity contribution is 8.01. The number of ether oxygens (including phenoxy) is 1. The van der Waals surface area contributed by atoms with Crippen LogP contribution in [-0.4, -0.2) is 35.8 Å². The van der Waals surface area contributed by atoms with E-state index in [1.54, 1.807) is 6.92 Å². The summed E-state index contributed by atoms with van der Waals surface area (Å²) in [5.74, 6) is 0.297. The summed E-state index contributed by atoms with van der Waals surface area (Å²) in [6, 6.07) is 0. The molecule has 1 aromatic heterocycles. The second-order valence-electron chi connectivity index (χ2n) is 4.14. The van der Waals surface area contributed by atoms with Crippen LogP contribution in [0.3, 0.4) is 0 Å². The van der Waals surface area contributed by atoms with Crippen molar-refractivity contribution in [1.29, 1.82) is 0 Å². The van der Waals surface area contributed by atoms with Gasteiger partial charge in [0.2, 0.25) is 0 Å². The normalized spacial score (nSPS) is 14.3. The quantitative estimate of drug-likeness (QED) is 0.669. The van der Waals surface area contributed by atoms with Crippen molar-refractivity contribution in [1.82, 2.24) is 0 Å². The van der Waals surface area contributed by atoms with Gasteiger partial charge in [0.15, 0.2) is 5.78 Å². The highest BCUT2D eigenvalue weighted by Crippen LogP contribution is 2.40. The second-order valence-corrected chi connectivity index (χ2v) is 6.53. The van der Waals surface area contributed by atoms with Crippen molar-refractivity contribution >= 4 is 34.9 Å². The van der Waals surface area contributed by atoms with Crippen molar-refractivity contribution < 1.29 is 19.4 Å². The van der Waals surface area contributed by atoms with Crippen LogP contribution in [0.2, 0.25) is 0 Å². The lowest BCUT2D eigenvalue weighted by Gasteiger charge is -2.12. The molecule has 104 valence electrons. The average molecular weight is 300 g/mol. The molecule has 0 aliphatic heterocycles. The Morgan fingerprint density at radius 2 is 2.26 bits per heavy atom. The number of hydrogen-bond donors (Lipinski definition) is 1. The fraction of sp³-hybridized carbons (Fsp3) is 0.538. The highest BCUT2D eigenvalue weighted by Gasteiger charge is 2.30. The van der Waals surface area contributed by atoms with E-state index >= 15 is 0 Å². The van der Waals surface area contributed by atoms with E-state index in [0.29, 0.717) is 29.2 Å². The molecule has 19 heavy (non-hydrogen) atoms. The van der Waals surface area contributed by atoms with Gasteiger partial charge in [0.25, 0.3) is 0 Å². The number of aliphatic hydroxyl groups excluding tert-OH is 1. The third kappa shape index (κ3) is 3.01. The van der Waals surface area contributed by atoms with Gasteiger partial charge in [0, 0.05) is 17.7 Å². The molecule has 1 aromatic rings. The lowest BCUT2D eigenvalue weighted by molar-refractivity contribution is 0.0531. The molecule has 0 bridgehead atoms. The van der Waals surface area contributed by atoms with Crippen molar-refractivity contribution in [2.24, 2.45) is 0 Å². The van der Waals surface area contributed by atoms with E-state index in [4.69, 9.17) is 9.84 Å². The van der Waals surface area contributed by atoms with Gasteiger partial charge in [0.1, 0.15) is 4.88 Å². The molecular weight excluding hydrogens is 284 g/mol. The fourth-order valence-electron chi connectivity index (χ4n) is 2.11. The molecule has 1 aliphatic rings. The van der Waals surface area contributed by atoms with E-state index in [9.17, 15) is 9.59 Å². The molecule has 0 atom stereocenters. The number of rotatable bonds is 5. The van der Waals surface area contributed by atoms with Crippen molar-refractivity contribution in [2.45, 2.75) is 30.4 Å². The summed E-state index contributed by atoms with van der Waals surface area (Å²) >= 11 is 2.76. The van der Waals surface area contributed by atoms with Crippen LogP contribution in [0.25, 0.3) is 0 Å². The van der Waals surface area contributed by atoms with Crippen LogP contribution in [-0.2, 0) is 11.2 Å². The number of Topliss-reactive ketones (excluding diaryl/α,β-unsaturated/α-hetero) is 1. The topological polar surface area (TPSA) is 63.6 Å². The van der Waals surface area contributed by atoms with E-state index in [1.165, 1.54) is 23.1 Å². The molecule has 0 radical (unpaired) electrons. The third-order valence-corrected chi connectivity index (χ3v) is 5.33. The van der Waals surface area contributed by atoms with Crippen molar-refractivity contribution in [2.75, 3.05) is 19.0 Å². The molecular formula is C13H16O4S2. The van der Waals surface area contributed by atoms with Crippen LogP contribution >= 0.6 is 23.1 Å². The number of carbonyl (C=O) groups is 2. The van der Waals surface area contributed by atoms with Gasteiger partial charge in [-0.25, -0.2) is 4.79 Å². The monoisotopic (exact) mass is 300 g/mol. The first-order valence-electron chi connectivity index (χ1n) is 6.28. The molecule has 4 nitrogen and oxygen atoms in total. The lowest BCUT2D eigenvalue weighted by atomic mass is 9.93. The van der Waals surface area contributed by atoms with Gasteiger partial charge in [-0.3, -0.25) is 4.79 Å². The van der Waals surface area contributed by atoms with Crippen molar-refractivity contribution in [3.8, 4) is 0 Å². The predicted octanol–water partition coefficient (Wildman–Crippen LogP) is 2.53. The molecule has 1 aliphatic carbocycles. The first-order chi connectivity index (χ1) is 9.19. The Labute approximate surface area is 120 Å². The van der Waals surface area contributed by atoms with Gasteiger partial charge < -0.3 is 9.84 Å². The standard InChI is InChI=1S/C13H16O4S2/c1-2-17-12(16)11-8-4-3-5-9(15)10(8)13(19-11)18-7-6-14/h14H,2-7H2,1H3. The lowest BCUT2D eigenvalue weighted by Crippen LogP contribution is -2.13. The number of thiophene rings is 1. The largest absolute Gasteiger partial charge is 0.462 e. The number of ketones is 1. The maximum atomic E-state index is 12.0. The van der Waals surface area contributed by atoms with Gasteiger partial charge in [0.05, 0.1) is 17.4 Å². The summed E-state index contributed by atoms with van der Waals surface area (Å²) in [6.07, 6.45) is 2.09. The van der Waals surface area contributed by atoms with Crippen molar-refractivity contribution in [3.63, 3.8) is 0 Å². The number of carbonyl (C=O) groups excluding carboxylic acids is 2. The van der Waals surface area contributed by atoms with E-state index < -0.39 is 0 Å². The van der Waals surface area contributed by atoms with Crippen LogP contribution in [0.5, 0.6) is 0 Å². The zero-order chi connectivity index (χ0) is 13.8. The van der Waals surface area contributed by atoms with Gasteiger partial charge in [-0.05, 0) is 25.3 Å². The Bertz CT molecular complexity index is 493. The first kappa shape index (κ1) is 14.6. The smallest absolute Gasteiger partial charge is 0.348 e. The maximum absolute atomic E-state index is 12.0. The van der Waals surface area contributed by atoms with Crippen LogP contribution in [0.15, 0.2) is 4.21 Å². The van der Waals surface area contributed by atoms with E-state index in [2.05, 4.69) is 0 Å². The molecule has 1 N–H and O–H groups in total. The minimum Gasteiger partial charge on any atom is -0.462 e. The van der Waals surface area contributed by atoms with Crippen LogP contribution in [0, 0.1) is 0 Å². The molecule has 0 amide bonds. The van der Waals surface area contributed by atoms with Crippen LogP contribution in [0.1, 0.15) is 45.4 Å². The Morgan fingerprint density at radius 1 is 1.47 bits per heavy atom. The number of hydrogen-bond acceptors (Lipinski definition) is 6. The van der Waals surface area contributed by atoms with Crippen LogP contribution < -0.4 is 0 Å². The van der Waals surface area contributed by atoms with E-state index in [-0.39, 0.29) is 18.4 Å². The molecule has 0 saturated carbocycles. The van der Waals surface area contributed by atoms with E-state index in [0.717, 1.165) is 22.6 Å². The summed E-state index contributed by atoms with van der Waals surface area (Å²) in [4.78, 5) is 24.5. The Balaban J connectivity index is 2.39. The minimum atomic E-state index is -0.339. The van der Waals surface area contributed by atoms with Crippen molar-refractivity contribution in [3.05, 3.63) is 16.0 Å². The number of thioether (sulfide) groups is 1. The molecule has 1 heterocycles. The fourth-order valence-corrected chi connectivity index (χ4v) is 4.50.